The summed E-state index contributed by atoms with van der Waals surface area (Å²) in [4.78, 5) is 12.3. The smallest absolute Gasteiger partial charge is 0.317 e. The molecular formula is C12H16ClNO2. The van der Waals surface area contributed by atoms with E-state index >= 15 is 0 Å². The minimum Gasteiger partial charge on any atom is -0.480 e. The van der Waals surface area contributed by atoms with E-state index in [0.717, 1.165) is 12.0 Å². The third-order valence-corrected chi connectivity index (χ3v) is 2.78. The van der Waals surface area contributed by atoms with Crippen LogP contribution in [0.15, 0.2) is 18.2 Å². The van der Waals surface area contributed by atoms with Crippen LogP contribution in [0.1, 0.15) is 18.1 Å². The maximum absolute atomic E-state index is 10.6. The minimum absolute atomic E-state index is 0.0222. The van der Waals surface area contributed by atoms with Gasteiger partial charge in [-0.15, -0.1) is 0 Å². The Balaban J connectivity index is 2.83. The molecule has 0 atom stereocenters. The fourth-order valence-electron chi connectivity index (χ4n) is 1.67. The zero-order valence-electron chi connectivity index (χ0n) is 9.53. The predicted octanol–water partition coefficient (Wildman–Crippen LogP) is 2.42. The molecular weight excluding hydrogens is 226 g/mol. The summed E-state index contributed by atoms with van der Waals surface area (Å²) < 4.78 is 0. The standard InChI is InChI=1S/C12H16ClNO2/c1-3-9-5-4-6-11(13)10(9)7-14(2)8-12(15)16/h4-6H,3,7-8H2,1-2H3,(H,15,16). The van der Waals surface area contributed by atoms with Crippen LogP contribution in [-0.4, -0.2) is 29.6 Å². The second kappa shape index (κ2) is 5.87. The lowest BCUT2D eigenvalue weighted by Crippen LogP contribution is -2.25. The van der Waals surface area contributed by atoms with Crippen molar-refractivity contribution in [2.75, 3.05) is 13.6 Å². The van der Waals surface area contributed by atoms with Crippen LogP contribution in [0.5, 0.6) is 0 Å². The van der Waals surface area contributed by atoms with Crippen LogP contribution in [0.2, 0.25) is 5.02 Å². The summed E-state index contributed by atoms with van der Waals surface area (Å²) in [6, 6.07) is 5.78. The van der Waals surface area contributed by atoms with Crippen LogP contribution >= 0.6 is 11.6 Å². The molecule has 1 aromatic carbocycles. The monoisotopic (exact) mass is 241 g/mol. The summed E-state index contributed by atoms with van der Waals surface area (Å²) in [7, 11) is 1.77. The van der Waals surface area contributed by atoms with Crippen LogP contribution in [0.25, 0.3) is 0 Å². The number of carboxylic acids is 1. The van der Waals surface area contributed by atoms with Crippen molar-refractivity contribution >= 4 is 17.6 Å². The number of halogens is 1. The normalized spacial score (nSPS) is 10.8. The molecule has 16 heavy (non-hydrogen) atoms. The molecule has 0 fully saturated rings. The molecule has 0 unspecified atom stereocenters. The number of aryl methyl sites for hydroxylation is 1. The lowest BCUT2D eigenvalue weighted by atomic mass is 10.0. The SMILES string of the molecule is CCc1cccc(Cl)c1CN(C)CC(=O)O. The molecule has 0 aliphatic heterocycles. The van der Waals surface area contributed by atoms with Gasteiger partial charge in [0, 0.05) is 11.6 Å². The van der Waals surface area contributed by atoms with Gasteiger partial charge in [0.05, 0.1) is 6.54 Å². The number of benzene rings is 1. The first-order valence-electron chi connectivity index (χ1n) is 5.21. The van der Waals surface area contributed by atoms with E-state index in [1.54, 1.807) is 11.9 Å². The molecule has 0 saturated heterocycles. The molecule has 4 heteroatoms. The van der Waals surface area contributed by atoms with Crippen molar-refractivity contribution in [1.29, 1.82) is 0 Å². The first-order valence-corrected chi connectivity index (χ1v) is 5.59. The highest BCUT2D eigenvalue weighted by Gasteiger charge is 2.10. The Morgan fingerprint density at radius 2 is 2.19 bits per heavy atom. The number of likely N-dealkylation sites (N-methyl/N-ethyl adjacent to an activating group) is 1. The van der Waals surface area contributed by atoms with E-state index in [1.807, 2.05) is 18.2 Å². The predicted molar refractivity (Wildman–Crippen MR) is 64.8 cm³/mol. The van der Waals surface area contributed by atoms with Gasteiger partial charge in [0.2, 0.25) is 0 Å². The number of carboxylic acid groups (broad SMARTS) is 1. The maximum atomic E-state index is 10.6. The summed E-state index contributed by atoms with van der Waals surface area (Å²) in [6.45, 7) is 2.65. The van der Waals surface area contributed by atoms with Crippen molar-refractivity contribution in [1.82, 2.24) is 4.90 Å². The molecule has 88 valence electrons. The molecule has 0 saturated carbocycles. The highest BCUT2D eigenvalue weighted by atomic mass is 35.5. The fraction of sp³-hybridized carbons (Fsp3) is 0.417. The van der Waals surface area contributed by atoms with Gasteiger partial charge in [-0.05, 0) is 30.7 Å². The Hall–Kier alpha value is -1.06. The molecule has 0 amide bonds. The van der Waals surface area contributed by atoms with Gasteiger partial charge in [-0.3, -0.25) is 9.69 Å². The van der Waals surface area contributed by atoms with E-state index in [-0.39, 0.29) is 6.54 Å². The highest BCUT2D eigenvalue weighted by molar-refractivity contribution is 6.31. The summed E-state index contributed by atoms with van der Waals surface area (Å²) in [6.07, 6.45) is 0.900. The van der Waals surface area contributed by atoms with Gasteiger partial charge in [0.25, 0.3) is 0 Å². The molecule has 1 N–H and O–H groups in total. The summed E-state index contributed by atoms with van der Waals surface area (Å²) in [5, 5.41) is 9.39. The lowest BCUT2D eigenvalue weighted by Gasteiger charge is -2.17. The Kier molecular flexibility index (Phi) is 4.77. The number of hydrogen-bond acceptors (Lipinski definition) is 2. The topological polar surface area (TPSA) is 40.5 Å². The van der Waals surface area contributed by atoms with Crippen molar-refractivity contribution in [2.24, 2.45) is 0 Å². The lowest BCUT2D eigenvalue weighted by molar-refractivity contribution is -0.138. The van der Waals surface area contributed by atoms with Crippen molar-refractivity contribution in [3.05, 3.63) is 34.3 Å². The van der Waals surface area contributed by atoms with Crippen LogP contribution in [0.3, 0.4) is 0 Å². The number of hydrogen-bond donors (Lipinski definition) is 1. The first kappa shape index (κ1) is 13.0. The van der Waals surface area contributed by atoms with Crippen molar-refractivity contribution in [2.45, 2.75) is 19.9 Å². The van der Waals surface area contributed by atoms with Crippen LogP contribution < -0.4 is 0 Å². The molecule has 0 heterocycles. The molecule has 0 aromatic heterocycles. The van der Waals surface area contributed by atoms with Crippen molar-refractivity contribution < 1.29 is 9.90 Å². The van der Waals surface area contributed by atoms with Gasteiger partial charge in [0.1, 0.15) is 0 Å². The van der Waals surface area contributed by atoms with Gasteiger partial charge >= 0.3 is 5.97 Å². The molecule has 1 aromatic rings. The molecule has 0 bridgehead atoms. The summed E-state index contributed by atoms with van der Waals surface area (Å²) in [5.41, 5.74) is 2.19. The van der Waals surface area contributed by atoms with Crippen molar-refractivity contribution in [3.8, 4) is 0 Å². The second-order valence-electron chi connectivity index (χ2n) is 3.80. The van der Waals surface area contributed by atoms with E-state index in [0.29, 0.717) is 11.6 Å². The fourth-order valence-corrected chi connectivity index (χ4v) is 1.92. The zero-order valence-corrected chi connectivity index (χ0v) is 10.3. The number of rotatable bonds is 5. The Labute approximate surface area is 101 Å². The van der Waals surface area contributed by atoms with E-state index in [2.05, 4.69) is 6.92 Å². The molecule has 0 spiro atoms. The second-order valence-corrected chi connectivity index (χ2v) is 4.20. The third kappa shape index (κ3) is 3.51. The number of aliphatic carboxylic acids is 1. The maximum Gasteiger partial charge on any atom is 0.317 e. The van der Waals surface area contributed by atoms with Crippen molar-refractivity contribution in [3.63, 3.8) is 0 Å². The van der Waals surface area contributed by atoms with Gasteiger partial charge in [-0.1, -0.05) is 30.7 Å². The van der Waals surface area contributed by atoms with E-state index in [1.165, 1.54) is 5.56 Å². The van der Waals surface area contributed by atoms with Gasteiger partial charge in [0.15, 0.2) is 0 Å². The average molecular weight is 242 g/mol. The highest BCUT2D eigenvalue weighted by Crippen LogP contribution is 2.21. The molecule has 1 rings (SSSR count). The molecule has 0 aliphatic rings. The summed E-state index contributed by atoms with van der Waals surface area (Å²) in [5.74, 6) is -0.826. The number of nitrogens with zero attached hydrogens (tertiary/aromatic N) is 1. The van der Waals surface area contributed by atoms with Crippen LogP contribution in [-0.2, 0) is 17.8 Å². The van der Waals surface area contributed by atoms with Crippen LogP contribution in [0.4, 0.5) is 0 Å². The summed E-state index contributed by atoms with van der Waals surface area (Å²) >= 11 is 6.11. The zero-order chi connectivity index (χ0) is 12.1. The molecule has 0 aliphatic carbocycles. The van der Waals surface area contributed by atoms with Gasteiger partial charge in [-0.25, -0.2) is 0 Å². The molecule has 3 nitrogen and oxygen atoms in total. The number of carbonyl (C=O) groups is 1. The largest absolute Gasteiger partial charge is 0.480 e. The first-order chi connectivity index (χ1) is 7.54. The van der Waals surface area contributed by atoms with E-state index < -0.39 is 5.97 Å². The van der Waals surface area contributed by atoms with E-state index in [4.69, 9.17) is 16.7 Å². The average Bonchev–Trinajstić information content (AvgIpc) is 2.20. The van der Waals surface area contributed by atoms with Gasteiger partial charge < -0.3 is 5.11 Å². The van der Waals surface area contributed by atoms with Gasteiger partial charge in [-0.2, -0.15) is 0 Å². The Morgan fingerprint density at radius 1 is 1.50 bits per heavy atom. The van der Waals surface area contributed by atoms with Crippen LogP contribution in [0, 0.1) is 0 Å². The Morgan fingerprint density at radius 3 is 2.75 bits per heavy atom. The molecule has 0 radical (unpaired) electrons. The quantitative estimate of drug-likeness (QED) is 0.861. The van der Waals surface area contributed by atoms with E-state index in [9.17, 15) is 4.79 Å². The third-order valence-electron chi connectivity index (χ3n) is 2.43. The minimum atomic E-state index is -0.826. The Bertz CT molecular complexity index is 379.